The highest BCUT2D eigenvalue weighted by atomic mass is 16.5. The summed E-state index contributed by atoms with van der Waals surface area (Å²) in [5, 5.41) is 2.49. The van der Waals surface area contributed by atoms with Gasteiger partial charge in [0.15, 0.2) is 0 Å². The molecule has 0 saturated carbocycles. The van der Waals surface area contributed by atoms with Gasteiger partial charge in [-0.1, -0.05) is 84.9 Å². The molecule has 3 nitrogen and oxygen atoms in total. The van der Waals surface area contributed by atoms with Crippen LogP contribution >= 0.6 is 0 Å². The van der Waals surface area contributed by atoms with Crippen molar-refractivity contribution in [1.29, 1.82) is 0 Å². The lowest BCUT2D eigenvalue weighted by atomic mass is 9.66. The first-order valence-electron chi connectivity index (χ1n) is 13.6. The predicted molar refractivity (Wildman–Crippen MR) is 160 cm³/mol. The maximum absolute atomic E-state index is 6.52. The van der Waals surface area contributed by atoms with Crippen molar-refractivity contribution >= 4 is 21.8 Å². The van der Waals surface area contributed by atoms with E-state index in [2.05, 4.69) is 126 Å². The number of hydrogen-bond acceptors (Lipinski definition) is 3. The highest BCUT2D eigenvalue weighted by Crippen LogP contribution is 2.62. The minimum atomic E-state index is -0.547. The van der Waals surface area contributed by atoms with Crippen LogP contribution in [-0.2, 0) is 5.41 Å². The summed E-state index contributed by atoms with van der Waals surface area (Å²) >= 11 is 0. The molecule has 0 radical (unpaired) electrons. The first-order valence-corrected chi connectivity index (χ1v) is 13.6. The van der Waals surface area contributed by atoms with E-state index < -0.39 is 5.41 Å². The van der Waals surface area contributed by atoms with Gasteiger partial charge in [0.05, 0.1) is 16.4 Å². The Morgan fingerprint density at radius 2 is 1.05 bits per heavy atom. The first kappa shape index (κ1) is 21.6. The van der Waals surface area contributed by atoms with Crippen LogP contribution in [0.1, 0.15) is 22.3 Å². The summed E-state index contributed by atoms with van der Waals surface area (Å²) in [6, 6.07) is 43.6. The van der Waals surface area contributed by atoms with E-state index in [4.69, 9.17) is 9.72 Å². The SMILES string of the molecule is c1ccc2c(c1)Oc1ccccc1C21c2cc(-c3ccc4ccccc4c3)ccc2-c2cc3nccnc3cc21. The van der Waals surface area contributed by atoms with Crippen molar-refractivity contribution in [1.82, 2.24) is 9.97 Å². The van der Waals surface area contributed by atoms with Crippen LogP contribution in [0.15, 0.2) is 134 Å². The van der Waals surface area contributed by atoms with Gasteiger partial charge in [0.2, 0.25) is 0 Å². The standard InChI is InChI=1S/C37H22N2O/c1-2-8-24-19-25(14-13-23(24)7-1)26-15-16-27-28-21-33-34(39-18-17-38-33)22-32(28)37(31(27)20-26)29-9-3-5-11-35(29)40-36-12-6-4-10-30(36)37/h1-22H. The molecule has 1 spiro atoms. The Bertz CT molecular complexity index is 2120. The zero-order chi connectivity index (χ0) is 26.3. The monoisotopic (exact) mass is 510 g/mol. The summed E-state index contributed by atoms with van der Waals surface area (Å²) in [6.07, 6.45) is 3.54. The Kier molecular flexibility index (Phi) is 4.26. The van der Waals surface area contributed by atoms with E-state index in [1.807, 2.05) is 0 Å². The largest absolute Gasteiger partial charge is 0.457 e. The lowest BCUT2D eigenvalue weighted by Gasteiger charge is -2.39. The van der Waals surface area contributed by atoms with Crippen LogP contribution < -0.4 is 4.74 Å². The maximum atomic E-state index is 6.52. The first-order chi connectivity index (χ1) is 19.8. The van der Waals surface area contributed by atoms with Crippen molar-refractivity contribution in [3.05, 3.63) is 156 Å². The van der Waals surface area contributed by atoms with E-state index >= 15 is 0 Å². The zero-order valence-electron chi connectivity index (χ0n) is 21.5. The Morgan fingerprint density at radius 1 is 0.450 bits per heavy atom. The van der Waals surface area contributed by atoms with Gasteiger partial charge in [-0.2, -0.15) is 0 Å². The summed E-state index contributed by atoms with van der Waals surface area (Å²) in [5.41, 5.74) is 10.8. The van der Waals surface area contributed by atoms with Crippen LogP contribution in [0.3, 0.4) is 0 Å². The summed E-state index contributed by atoms with van der Waals surface area (Å²) in [6.45, 7) is 0. The molecule has 186 valence electrons. The Labute approximate surface area is 231 Å². The molecule has 0 fully saturated rings. The fraction of sp³-hybridized carbons (Fsp3) is 0.0270. The van der Waals surface area contributed by atoms with Crippen molar-refractivity contribution in [2.24, 2.45) is 0 Å². The molecule has 0 unspecified atom stereocenters. The molecular formula is C37H22N2O. The molecule has 0 N–H and O–H groups in total. The van der Waals surface area contributed by atoms with Gasteiger partial charge in [-0.05, 0) is 80.6 Å². The fourth-order valence-corrected chi connectivity index (χ4v) is 6.90. The molecule has 0 atom stereocenters. The van der Waals surface area contributed by atoms with E-state index in [0.717, 1.165) is 33.7 Å². The zero-order valence-corrected chi connectivity index (χ0v) is 21.5. The molecule has 1 aliphatic heterocycles. The molecule has 2 heterocycles. The van der Waals surface area contributed by atoms with E-state index in [1.54, 1.807) is 12.4 Å². The second kappa shape index (κ2) is 7.87. The Balaban J connectivity index is 1.41. The Hall–Kier alpha value is -5.28. The van der Waals surface area contributed by atoms with E-state index in [9.17, 15) is 0 Å². The summed E-state index contributed by atoms with van der Waals surface area (Å²) in [4.78, 5) is 9.37. The van der Waals surface area contributed by atoms with Crippen LogP contribution in [0.25, 0.3) is 44.1 Å². The smallest absolute Gasteiger partial charge is 0.132 e. The van der Waals surface area contributed by atoms with Gasteiger partial charge < -0.3 is 4.74 Å². The minimum absolute atomic E-state index is 0.547. The topological polar surface area (TPSA) is 35.0 Å². The fourth-order valence-electron chi connectivity index (χ4n) is 6.90. The highest BCUT2D eigenvalue weighted by Gasteiger charge is 2.51. The number of rotatable bonds is 1. The third-order valence-electron chi connectivity index (χ3n) is 8.61. The average molecular weight is 511 g/mol. The molecule has 40 heavy (non-hydrogen) atoms. The van der Waals surface area contributed by atoms with Crippen molar-refractivity contribution in [3.63, 3.8) is 0 Å². The molecule has 2 aliphatic rings. The van der Waals surface area contributed by atoms with Crippen LogP contribution in [-0.4, -0.2) is 9.97 Å². The van der Waals surface area contributed by atoms with Crippen molar-refractivity contribution in [3.8, 4) is 33.8 Å². The number of ether oxygens (including phenoxy) is 1. The van der Waals surface area contributed by atoms with Crippen molar-refractivity contribution in [2.45, 2.75) is 5.41 Å². The quantitative estimate of drug-likeness (QED) is 0.221. The van der Waals surface area contributed by atoms with Crippen LogP contribution in [0.4, 0.5) is 0 Å². The summed E-state index contributed by atoms with van der Waals surface area (Å²) < 4.78 is 6.52. The van der Waals surface area contributed by atoms with Gasteiger partial charge in [-0.15, -0.1) is 0 Å². The molecule has 3 heteroatoms. The van der Waals surface area contributed by atoms with E-state index in [1.165, 1.54) is 44.2 Å². The number of benzene rings is 6. The van der Waals surface area contributed by atoms with Gasteiger partial charge in [0.1, 0.15) is 11.5 Å². The number of fused-ring (bicyclic) bond motifs is 11. The second-order valence-corrected chi connectivity index (χ2v) is 10.6. The number of hydrogen-bond donors (Lipinski definition) is 0. The van der Waals surface area contributed by atoms with Gasteiger partial charge >= 0.3 is 0 Å². The lowest BCUT2D eigenvalue weighted by molar-refractivity contribution is 0.436. The number of nitrogens with zero attached hydrogens (tertiary/aromatic N) is 2. The number of aromatic nitrogens is 2. The third kappa shape index (κ3) is 2.79. The average Bonchev–Trinajstić information content (AvgIpc) is 3.29. The maximum Gasteiger partial charge on any atom is 0.132 e. The van der Waals surface area contributed by atoms with E-state index in [0.29, 0.717) is 0 Å². The molecular weight excluding hydrogens is 488 g/mol. The van der Waals surface area contributed by atoms with Crippen LogP contribution in [0.5, 0.6) is 11.5 Å². The minimum Gasteiger partial charge on any atom is -0.457 e. The summed E-state index contributed by atoms with van der Waals surface area (Å²) in [7, 11) is 0. The van der Waals surface area contributed by atoms with Gasteiger partial charge in [0, 0.05) is 23.5 Å². The second-order valence-electron chi connectivity index (χ2n) is 10.6. The van der Waals surface area contributed by atoms with Gasteiger partial charge in [-0.25, -0.2) is 0 Å². The molecule has 0 amide bonds. The predicted octanol–water partition coefficient (Wildman–Crippen LogP) is 8.92. The molecule has 0 bridgehead atoms. The molecule has 1 aromatic heterocycles. The van der Waals surface area contributed by atoms with Gasteiger partial charge in [0.25, 0.3) is 0 Å². The molecule has 9 rings (SSSR count). The molecule has 1 aliphatic carbocycles. The molecule has 0 saturated heterocycles. The molecule has 6 aromatic carbocycles. The normalized spacial score (nSPS) is 13.9. The third-order valence-corrected chi connectivity index (χ3v) is 8.61. The Morgan fingerprint density at radius 3 is 1.82 bits per heavy atom. The number of para-hydroxylation sites is 2. The van der Waals surface area contributed by atoms with Gasteiger partial charge in [-0.3, -0.25) is 9.97 Å². The van der Waals surface area contributed by atoms with Crippen molar-refractivity contribution < 1.29 is 4.74 Å². The van der Waals surface area contributed by atoms with Crippen LogP contribution in [0, 0.1) is 0 Å². The van der Waals surface area contributed by atoms with E-state index in [-0.39, 0.29) is 0 Å². The van der Waals surface area contributed by atoms with Crippen molar-refractivity contribution in [2.75, 3.05) is 0 Å². The highest BCUT2D eigenvalue weighted by molar-refractivity contribution is 5.96. The van der Waals surface area contributed by atoms with Crippen LogP contribution in [0.2, 0.25) is 0 Å². The molecule has 7 aromatic rings. The summed E-state index contributed by atoms with van der Waals surface area (Å²) in [5.74, 6) is 1.77. The lowest BCUT2D eigenvalue weighted by Crippen LogP contribution is -2.32.